The number of aryl methyl sites for hydroxylation is 2. The molecule has 0 atom stereocenters. The third kappa shape index (κ3) is 2.76. The molecule has 0 aliphatic carbocycles. The molecule has 98 valence electrons. The molecule has 0 saturated heterocycles. The molecule has 0 aliphatic rings. The van der Waals surface area contributed by atoms with Gasteiger partial charge in [-0.3, -0.25) is 0 Å². The molecule has 0 fully saturated rings. The number of carbonyl (C=O) groups is 1. The van der Waals surface area contributed by atoms with E-state index in [1.807, 2.05) is 25.1 Å². The predicted octanol–water partition coefficient (Wildman–Crippen LogP) is 3.81. The largest absolute Gasteiger partial charge is 0.465 e. The van der Waals surface area contributed by atoms with Crippen LogP contribution in [0.4, 0.5) is 0 Å². The van der Waals surface area contributed by atoms with Crippen LogP contribution in [-0.2, 0) is 4.74 Å². The number of benzene rings is 1. The highest BCUT2D eigenvalue weighted by Gasteiger charge is 2.13. The molecule has 2 rings (SSSR count). The second kappa shape index (κ2) is 5.41. The van der Waals surface area contributed by atoms with Crippen LogP contribution < -0.4 is 0 Å². The molecule has 0 bridgehead atoms. The van der Waals surface area contributed by atoms with Crippen LogP contribution >= 0.6 is 11.6 Å². The first-order valence-corrected chi connectivity index (χ1v) is 6.23. The molecule has 0 aliphatic heterocycles. The summed E-state index contributed by atoms with van der Waals surface area (Å²) in [4.78, 5) is 15.7. The van der Waals surface area contributed by atoms with E-state index in [1.165, 1.54) is 18.2 Å². The van der Waals surface area contributed by atoms with Crippen molar-refractivity contribution in [2.75, 3.05) is 7.11 Å². The Labute approximate surface area is 117 Å². The number of halogens is 1. The van der Waals surface area contributed by atoms with Gasteiger partial charge in [0, 0.05) is 5.56 Å². The first-order chi connectivity index (χ1) is 9.02. The minimum Gasteiger partial charge on any atom is -0.465 e. The van der Waals surface area contributed by atoms with Crippen molar-refractivity contribution in [1.29, 1.82) is 0 Å². The third-order valence-corrected chi connectivity index (χ3v) is 3.34. The summed E-state index contributed by atoms with van der Waals surface area (Å²) in [6.45, 7) is 4.10. The van der Waals surface area contributed by atoms with E-state index in [2.05, 4.69) is 16.6 Å². The highest BCUT2D eigenvalue weighted by atomic mass is 35.5. The van der Waals surface area contributed by atoms with Gasteiger partial charge in [-0.2, -0.15) is 0 Å². The summed E-state index contributed by atoms with van der Waals surface area (Å²) in [6, 6.07) is 9.47. The van der Waals surface area contributed by atoms with Crippen LogP contribution in [0.25, 0.3) is 11.3 Å². The summed E-state index contributed by atoms with van der Waals surface area (Å²) >= 11 is 6.01. The lowest BCUT2D eigenvalue weighted by Gasteiger charge is -2.07. The molecule has 1 heterocycles. The first-order valence-electron chi connectivity index (χ1n) is 5.85. The Bertz CT molecular complexity index is 638. The topological polar surface area (TPSA) is 39.2 Å². The van der Waals surface area contributed by atoms with Crippen molar-refractivity contribution in [2.45, 2.75) is 13.8 Å². The van der Waals surface area contributed by atoms with Gasteiger partial charge in [-0.05, 0) is 43.2 Å². The summed E-state index contributed by atoms with van der Waals surface area (Å²) in [7, 11) is 1.32. The lowest BCUT2D eigenvalue weighted by molar-refractivity contribution is 0.0600. The van der Waals surface area contributed by atoms with E-state index in [1.54, 1.807) is 12.1 Å². The zero-order valence-electron chi connectivity index (χ0n) is 11.0. The maximum absolute atomic E-state index is 11.4. The molecule has 1 aromatic carbocycles. The number of pyridine rings is 1. The van der Waals surface area contributed by atoms with Crippen LogP contribution in [0.1, 0.15) is 21.5 Å². The van der Waals surface area contributed by atoms with Gasteiger partial charge in [-0.1, -0.05) is 23.7 Å². The molecule has 2 aromatic rings. The molecule has 0 radical (unpaired) electrons. The summed E-state index contributed by atoms with van der Waals surface area (Å²) in [5.74, 6) is -0.482. The van der Waals surface area contributed by atoms with Gasteiger partial charge in [0.15, 0.2) is 0 Å². The Kier molecular flexibility index (Phi) is 3.86. The molecule has 4 heteroatoms. The first kappa shape index (κ1) is 13.6. The van der Waals surface area contributed by atoms with Crippen molar-refractivity contribution in [3.05, 3.63) is 52.2 Å². The average Bonchev–Trinajstić information content (AvgIpc) is 2.41. The fourth-order valence-electron chi connectivity index (χ4n) is 1.76. The van der Waals surface area contributed by atoms with Crippen molar-refractivity contribution in [3.63, 3.8) is 0 Å². The van der Waals surface area contributed by atoms with Crippen molar-refractivity contribution >= 4 is 17.6 Å². The van der Waals surface area contributed by atoms with Gasteiger partial charge in [0.05, 0.1) is 18.4 Å². The van der Waals surface area contributed by atoms with Gasteiger partial charge < -0.3 is 4.74 Å². The Morgan fingerprint density at radius 2 is 1.89 bits per heavy atom. The molecule has 19 heavy (non-hydrogen) atoms. The molecule has 0 saturated carbocycles. The van der Waals surface area contributed by atoms with E-state index in [-0.39, 0.29) is 10.7 Å². The molecule has 0 amide bonds. The van der Waals surface area contributed by atoms with Gasteiger partial charge in [0.2, 0.25) is 0 Å². The Morgan fingerprint density at radius 3 is 2.47 bits per heavy atom. The number of carbonyl (C=O) groups excluding carboxylic acids is 1. The fraction of sp³-hybridized carbons (Fsp3) is 0.200. The lowest BCUT2D eigenvalue weighted by atomic mass is 10.0. The summed E-state index contributed by atoms with van der Waals surface area (Å²) < 4.78 is 4.63. The maximum atomic E-state index is 11.4. The number of esters is 1. The Balaban J connectivity index is 2.44. The molecule has 1 aromatic heterocycles. The average molecular weight is 276 g/mol. The summed E-state index contributed by atoms with van der Waals surface area (Å²) in [5, 5.41) is 0.155. The van der Waals surface area contributed by atoms with Gasteiger partial charge in [0.25, 0.3) is 0 Å². The number of nitrogens with zero attached hydrogens (tertiary/aromatic N) is 1. The number of hydrogen-bond donors (Lipinski definition) is 0. The smallest absolute Gasteiger partial charge is 0.341 e. The van der Waals surface area contributed by atoms with Gasteiger partial charge in [-0.15, -0.1) is 0 Å². The van der Waals surface area contributed by atoms with E-state index < -0.39 is 5.97 Å². The number of rotatable bonds is 2. The SMILES string of the molecule is COC(=O)c1ccc(-c2ccc(C)c(C)c2)nc1Cl. The minimum atomic E-state index is -0.482. The van der Waals surface area contributed by atoms with Gasteiger partial charge >= 0.3 is 5.97 Å². The highest BCUT2D eigenvalue weighted by Crippen LogP contribution is 2.24. The second-order valence-corrected chi connectivity index (χ2v) is 4.68. The number of aromatic nitrogens is 1. The number of methoxy groups -OCH3 is 1. The maximum Gasteiger partial charge on any atom is 0.341 e. The molecular weight excluding hydrogens is 262 g/mol. The molecular formula is C15H14ClNO2. The third-order valence-electron chi connectivity index (χ3n) is 3.06. The van der Waals surface area contributed by atoms with Crippen LogP contribution in [0.5, 0.6) is 0 Å². The normalized spacial score (nSPS) is 10.3. The van der Waals surface area contributed by atoms with E-state index in [0.717, 1.165) is 11.3 Å². The van der Waals surface area contributed by atoms with Crippen molar-refractivity contribution < 1.29 is 9.53 Å². The summed E-state index contributed by atoms with van der Waals surface area (Å²) in [6.07, 6.45) is 0. The van der Waals surface area contributed by atoms with Crippen molar-refractivity contribution in [2.24, 2.45) is 0 Å². The molecule has 3 nitrogen and oxygen atoms in total. The van der Waals surface area contributed by atoms with Gasteiger partial charge in [0.1, 0.15) is 5.15 Å². The molecule has 0 spiro atoms. The van der Waals surface area contributed by atoms with E-state index in [9.17, 15) is 4.79 Å². The van der Waals surface area contributed by atoms with Crippen LogP contribution in [0, 0.1) is 13.8 Å². The quantitative estimate of drug-likeness (QED) is 0.618. The molecule has 0 unspecified atom stereocenters. The number of hydrogen-bond acceptors (Lipinski definition) is 3. The Morgan fingerprint density at radius 1 is 1.16 bits per heavy atom. The van der Waals surface area contributed by atoms with Crippen LogP contribution in [-0.4, -0.2) is 18.1 Å². The fourth-order valence-corrected chi connectivity index (χ4v) is 1.99. The number of ether oxygens (including phenoxy) is 1. The van der Waals surface area contributed by atoms with Crippen molar-refractivity contribution in [3.8, 4) is 11.3 Å². The highest BCUT2D eigenvalue weighted by molar-refractivity contribution is 6.32. The second-order valence-electron chi connectivity index (χ2n) is 4.33. The van der Waals surface area contributed by atoms with E-state index in [4.69, 9.17) is 11.6 Å². The molecule has 0 N–H and O–H groups in total. The van der Waals surface area contributed by atoms with Crippen LogP contribution in [0.15, 0.2) is 30.3 Å². The Hall–Kier alpha value is -1.87. The van der Waals surface area contributed by atoms with Gasteiger partial charge in [-0.25, -0.2) is 9.78 Å². The lowest BCUT2D eigenvalue weighted by Crippen LogP contribution is -2.03. The standard InChI is InChI=1S/C15H14ClNO2/c1-9-4-5-11(8-10(9)2)13-7-6-12(14(16)17-13)15(18)19-3/h4-8H,1-3H3. The predicted molar refractivity (Wildman–Crippen MR) is 75.5 cm³/mol. The van der Waals surface area contributed by atoms with Crippen LogP contribution in [0.2, 0.25) is 5.15 Å². The van der Waals surface area contributed by atoms with Crippen molar-refractivity contribution in [1.82, 2.24) is 4.98 Å². The van der Waals surface area contributed by atoms with E-state index in [0.29, 0.717) is 0 Å². The zero-order chi connectivity index (χ0) is 14.0. The monoisotopic (exact) mass is 275 g/mol. The zero-order valence-corrected chi connectivity index (χ0v) is 11.8. The summed E-state index contributed by atoms with van der Waals surface area (Å²) in [5.41, 5.74) is 4.40. The van der Waals surface area contributed by atoms with Crippen LogP contribution in [0.3, 0.4) is 0 Å². The minimum absolute atomic E-state index is 0.155. The van der Waals surface area contributed by atoms with E-state index >= 15 is 0 Å².